The molecule has 2 aromatic rings. The fourth-order valence-corrected chi connectivity index (χ4v) is 5.58. The third-order valence-electron chi connectivity index (χ3n) is 7.57. The largest absolute Gasteiger partial charge is 0.493 e. The van der Waals surface area contributed by atoms with Crippen molar-refractivity contribution in [1.29, 1.82) is 0 Å². The molecule has 2 fully saturated rings. The number of amides is 3. The molecule has 204 valence electrons. The summed E-state index contributed by atoms with van der Waals surface area (Å²) in [6, 6.07) is 17.1. The zero-order valence-corrected chi connectivity index (χ0v) is 23.0. The summed E-state index contributed by atoms with van der Waals surface area (Å²) >= 11 is 6.16. The Morgan fingerprint density at radius 2 is 1.84 bits per heavy atom. The van der Waals surface area contributed by atoms with E-state index in [2.05, 4.69) is 0 Å². The minimum Gasteiger partial charge on any atom is -0.493 e. The first-order valence-electron chi connectivity index (χ1n) is 13.6. The van der Waals surface area contributed by atoms with E-state index in [9.17, 15) is 14.4 Å². The van der Waals surface area contributed by atoms with Crippen LogP contribution in [0, 0.1) is 5.41 Å². The topological polar surface area (TPSA) is 70.2 Å². The van der Waals surface area contributed by atoms with Crippen molar-refractivity contribution in [2.45, 2.75) is 51.5 Å². The number of carbonyl (C=O) groups excluding carboxylic acids is 3. The number of likely N-dealkylation sites (tertiary alicyclic amines) is 2. The van der Waals surface area contributed by atoms with Gasteiger partial charge >= 0.3 is 0 Å². The molecule has 2 aliphatic rings. The molecule has 2 saturated heterocycles. The van der Waals surface area contributed by atoms with E-state index in [1.54, 1.807) is 21.9 Å². The molecule has 0 saturated carbocycles. The van der Waals surface area contributed by atoms with E-state index in [4.69, 9.17) is 16.3 Å². The van der Waals surface area contributed by atoms with E-state index in [1.807, 2.05) is 54.4 Å². The fraction of sp³-hybridized carbons (Fsp3) is 0.500. The second kappa shape index (κ2) is 13.1. The van der Waals surface area contributed by atoms with Gasteiger partial charge in [0, 0.05) is 56.5 Å². The van der Waals surface area contributed by atoms with E-state index in [-0.39, 0.29) is 30.7 Å². The molecule has 2 heterocycles. The highest BCUT2D eigenvalue weighted by Crippen LogP contribution is 2.36. The van der Waals surface area contributed by atoms with Gasteiger partial charge in [0.05, 0.1) is 13.2 Å². The Bertz CT molecular complexity index is 1110. The van der Waals surface area contributed by atoms with E-state index >= 15 is 0 Å². The number of hydrogen-bond acceptors (Lipinski definition) is 4. The van der Waals surface area contributed by atoms with Crippen molar-refractivity contribution in [2.24, 2.45) is 5.41 Å². The van der Waals surface area contributed by atoms with Crippen LogP contribution in [0.4, 0.5) is 0 Å². The Kier molecular flexibility index (Phi) is 9.67. The molecule has 8 heteroatoms. The smallest absolute Gasteiger partial charge is 0.242 e. The van der Waals surface area contributed by atoms with Gasteiger partial charge in [0.15, 0.2) is 0 Å². The van der Waals surface area contributed by atoms with Gasteiger partial charge in [-0.2, -0.15) is 0 Å². The summed E-state index contributed by atoms with van der Waals surface area (Å²) < 4.78 is 6.18. The summed E-state index contributed by atoms with van der Waals surface area (Å²) in [7, 11) is 1.82. The van der Waals surface area contributed by atoms with Crippen molar-refractivity contribution < 1.29 is 19.1 Å². The summed E-state index contributed by atoms with van der Waals surface area (Å²) in [5.74, 6) is 0.652. The van der Waals surface area contributed by atoms with Crippen LogP contribution in [0.3, 0.4) is 0 Å². The summed E-state index contributed by atoms with van der Waals surface area (Å²) in [6.45, 7) is 2.58. The van der Waals surface area contributed by atoms with Crippen molar-refractivity contribution in [3.8, 4) is 5.75 Å². The summed E-state index contributed by atoms with van der Waals surface area (Å²) in [5, 5.41) is 0.581. The number of benzene rings is 2. The van der Waals surface area contributed by atoms with Crippen LogP contribution in [0.25, 0.3) is 0 Å². The van der Waals surface area contributed by atoms with Gasteiger partial charge in [-0.05, 0) is 49.4 Å². The molecular weight excluding hydrogens is 502 g/mol. The van der Waals surface area contributed by atoms with Crippen LogP contribution in [0.15, 0.2) is 54.6 Å². The highest BCUT2D eigenvalue weighted by molar-refractivity contribution is 6.30. The van der Waals surface area contributed by atoms with Crippen LogP contribution in [-0.4, -0.2) is 72.3 Å². The summed E-state index contributed by atoms with van der Waals surface area (Å²) in [6.07, 6.45) is 5.15. The Labute approximate surface area is 230 Å². The maximum atomic E-state index is 13.5. The van der Waals surface area contributed by atoms with E-state index in [1.165, 1.54) is 0 Å². The Morgan fingerprint density at radius 3 is 2.63 bits per heavy atom. The lowest BCUT2D eigenvalue weighted by molar-refractivity contribution is -0.144. The molecular formula is C30H38ClN3O4. The minimum atomic E-state index is -0.541. The molecule has 2 aromatic carbocycles. The molecule has 1 atom stereocenters. The zero-order valence-electron chi connectivity index (χ0n) is 22.2. The van der Waals surface area contributed by atoms with Crippen molar-refractivity contribution >= 4 is 29.3 Å². The highest BCUT2D eigenvalue weighted by atomic mass is 35.5. The number of nitrogens with zero attached hydrogens (tertiary/aromatic N) is 3. The standard InChI is InChI=1S/C30H38ClN3O4/c1-32(20-24-10-4-2-5-11-24)28(36)19-30(23-38-26-13-8-12-25(31)18-26)15-9-17-34(22-30)29(37)21-33-16-7-3-6-14-27(33)35/h2,4-5,8,10-13,18H,3,6-7,9,14-17,19-23H2,1H3/t30-/m1/s1. The molecule has 3 amide bonds. The number of hydrogen-bond donors (Lipinski definition) is 0. The molecule has 0 aromatic heterocycles. The van der Waals surface area contributed by atoms with Gasteiger partial charge in [0.2, 0.25) is 17.7 Å². The lowest BCUT2D eigenvalue weighted by Gasteiger charge is -2.43. The van der Waals surface area contributed by atoms with Gasteiger partial charge in [-0.1, -0.05) is 54.4 Å². The fourth-order valence-electron chi connectivity index (χ4n) is 5.40. The van der Waals surface area contributed by atoms with E-state index in [0.29, 0.717) is 50.0 Å². The predicted molar refractivity (Wildman–Crippen MR) is 148 cm³/mol. The van der Waals surface area contributed by atoms with Gasteiger partial charge in [0.1, 0.15) is 5.75 Å². The second-order valence-corrected chi connectivity index (χ2v) is 11.1. The average molecular weight is 540 g/mol. The molecule has 7 nitrogen and oxygen atoms in total. The molecule has 0 unspecified atom stereocenters. The normalized spacial score (nSPS) is 20.1. The first-order valence-corrected chi connectivity index (χ1v) is 13.9. The first-order chi connectivity index (χ1) is 18.3. The molecule has 0 bridgehead atoms. The van der Waals surface area contributed by atoms with Gasteiger partial charge in [0.25, 0.3) is 0 Å². The lowest BCUT2D eigenvalue weighted by Crippen LogP contribution is -2.53. The molecule has 4 rings (SSSR count). The third-order valence-corrected chi connectivity index (χ3v) is 7.80. The summed E-state index contributed by atoms with van der Waals surface area (Å²) in [4.78, 5) is 44.6. The first kappa shape index (κ1) is 28.0. The van der Waals surface area contributed by atoms with Crippen LogP contribution < -0.4 is 4.74 Å². The predicted octanol–water partition coefficient (Wildman–Crippen LogP) is 4.78. The third kappa shape index (κ3) is 7.73. The maximum Gasteiger partial charge on any atom is 0.242 e. The van der Waals surface area contributed by atoms with Crippen LogP contribution in [0.1, 0.15) is 50.5 Å². The monoisotopic (exact) mass is 539 g/mol. The Morgan fingerprint density at radius 1 is 1.03 bits per heavy atom. The maximum absolute atomic E-state index is 13.5. The van der Waals surface area contributed by atoms with Crippen LogP contribution >= 0.6 is 11.6 Å². The van der Waals surface area contributed by atoms with Crippen LogP contribution in [0.2, 0.25) is 5.02 Å². The number of halogens is 1. The zero-order chi connectivity index (χ0) is 27.0. The number of carbonyl (C=O) groups is 3. The van der Waals surface area contributed by atoms with Gasteiger partial charge in [-0.15, -0.1) is 0 Å². The number of piperidine rings is 1. The Hall–Kier alpha value is -3.06. The molecule has 2 aliphatic heterocycles. The number of rotatable bonds is 9. The minimum absolute atomic E-state index is 0.0144. The van der Waals surface area contributed by atoms with Crippen LogP contribution in [-0.2, 0) is 20.9 Å². The van der Waals surface area contributed by atoms with Gasteiger partial charge in [-0.25, -0.2) is 0 Å². The van der Waals surface area contributed by atoms with Crippen molar-refractivity contribution in [2.75, 3.05) is 39.8 Å². The van der Waals surface area contributed by atoms with E-state index < -0.39 is 5.41 Å². The van der Waals surface area contributed by atoms with Crippen LogP contribution in [0.5, 0.6) is 5.75 Å². The quantitative estimate of drug-likeness (QED) is 0.460. The summed E-state index contributed by atoms with van der Waals surface area (Å²) in [5.41, 5.74) is 0.524. The van der Waals surface area contributed by atoms with Gasteiger partial charge < -0.3 is 19.4 Å². The van der Waals surface area contributed by atoms with Crippen molar-refractivity contribution in [3.63, 3.8) is 0 Å². The van der Waals surface area contributed by atoms with Crippen molar-refractivity contribution in [1.82, 2.24) is 14.7 Å². The molecule has 0 spiro atoms. The molecule has 0 radical (unpaired) electrons. The SMILES string of the molecule is CN(Cc1ccccc1)C(=O)C[C@]1(COc2cccc(Cl)c2)CCCN(C(=O)CN2CCCCCC2=O)C1. The lowest BCUT2D eigenvalue weighted by atomic mass is 9.77. The second-order valence-electron chi connectivity index (χ2n) is 10.7. The van der Waals surface area contributed by atoms with Gasteiger partial charge in [-0.3, -0.25) is 14.4 Å². The molecule has 0 aliphatic carbocycles. The van der Waals surface area contributed by atoms with Crippen molar-refractivity contribution in [3.05, 3.63) is 65.2 Å². The molecule has 38 heavy (non-hydrogen) atoms. The average Bonchev–Trinajstić information content (AvgIpc) is 3.12. The number of ether oxygens (including phenoxy) is 1. The molecule has 0 N–H and O–H groups in total. The van der Waals surface area contributed by atoms with E-state index in [0.717, 1.165) is 37.7 Å². The Balaban J connectivity index is 1.47. The highest BCUT2D eigenvalue weighted by Gasteiger charge is 2.41.